The largest absolute Gasteiger partial charge is 0.507 e. The number of phenols is 1. The first-order valence-electron chi connectivity index (χ1n) is 5.13. The highest BCUT2D eigenvalue weighted by Gasteiger charge is 2.22. The highest BCUT2D eigenvalue weighted by atomic mass is 79.9. The fourth-order valence-corrected chi connectivity index (χ4v) is 2.50. The number of aromatic hydroxyl groups is 1. The summed E-state index contributed by atoms with van der Waals surface area (Å²) in [6.07, 6.45) is 0.916. The number of thiazole rings is 1. The third kappa shape index (κ3) is 3.05. The average molecular weight is 344 g/mol. The van der Waals surface area contributed by atoms with Crippen LogP contribution in [0.25, 0.3) is 0 Å². The number of halogens is 2. The number of ketones is 2. The van der Waals surface area contributed by atoms with Crippen LogP contribution in [0.15, 0.2) is 28.2 Å². The molecule has 0 unspecified atom stereocenters. The molecular weight excluding hydrogens is 337 g/mol. The summed E-state index contributed by atoms with van der Waals surface area (Å²) in [5.74, 6) is -2.64. The van der Waals surface area contributed by atoms with Gasteiger partial charge in [0.1, 0.15) is 11.6 Å². The van der Waals surface area contributed by atoms with E-state index in [4.69, 9.17) is 0 Å². The van der Waals surface area contributed by atoms with Crippen molar-refractivity contribution in [3.8, 4) is 5.75 Å². The Balaban J connectivity index is 2.24. The van der Waals surface area contributed by atoms with Crippen LogP contribution in [0.1, 0.15) is 26.6 Å². The molecule has 19 heavy (non-hydrogen) atoms. The number of aromatic nitrogens is 1. The lowest BCUT2D eigenvalue weighted by Gasteiger charge is -2.05. The Hall–Kier alpha value is -1.60. The van der Waals surface area contributed by atoms with Gasteiger partial charge in [0.15, 0.2) is 16.6 Å². The van der Waals surface area contributed by atoms with Gasteiger partial charge in [0.25, 0.3) is 0 Å². The van der Waals surface area contributed by atoms with E-state index in [1.54, 1.807) is 5.38 Å². The molecule has 1 heterocycles. The summed E-state index contributed by atoms with van der Waals surface area (Å²) >= 11 is 4.09. The van der Waals surface area contributed by atoms with Crippen molar-refractivity contribution in [1.82, 2.24) is 4.98 Å². The van der Waals surface area contributed by atoms with Gasteiger partial charge in [0.2, 0.25) is 0 Å². The number of Topliss-reactive ketones (excluding diaryl/α,β-unsaturated/α-hetero) is 2. The number of hydrogen-bond acceptors (Lipinski definition) is 5. The smallest absolute Gasteiger partial charge is 0.199 e. The number of nitrogens with zero attached hydrogens (tertiary/aromatic N) is 1. The summed E-state index contributed by atoms with van der Waals surface area (Å²) in [4.78, 5) is 27.3. The van der Waals surface area contributed by atoms with E-state index in [2.05, 4.69) is 20.9 Å². The van der Waals surface area contributed by atoms with Gasteiger partial charge in [-0.1, -0.05) is 15.9 Å². The Morgan fingerprint density at radius 3 is 2.68 bits per heavy atom. The zero-order valence-electron chi connectivity index (χ0n) is 9.39. The van der Waals surface area contributed by atoms with Crippen LogP contribution in [0.4, 0.5) is 4.39 Å². The second kappa shape index (κ2) is 5.58. The third-order valence-corrected chi connectivity index (χ3v) is 3.58. The maximum absolute atomic E-state index is 13.6. The highest BCUT2D eigenvalue weighted by Crippen LogP contribution is 2.27. The Labute approximate surface area is 120 Å². The molecule has 7 heteroatoms. The van der Waals surface area contributed by atoms with Gasteiger partial charge in [0.05, 0.1) is 12.0 Å². The maximum atomic E-state index is 13.6. The standard InChI is InChI=1S/C12H7BrFNO3S/c13-6-3-7(14)11(8(16)4-6)9(17)5-10(18)12-15-1-2-19-12/h1-4,16H,5H2. The molecule has 0 bridgehead atoms. The number of hydrogen-bond donors (Lipinski definition) is 1. The van der Waals surface area contributed by atoms with Gasteiger partial charge >= 0.3 is 0 Å². The van der Waals surface area contributed by atoms with E-state index in [0.29, 0.717) is 4.47 Å². The van der Waals surface area contributed by atoms with E-state index < -0.39 is 35.1 Å². The molecule has 1 aromatic heterocycles. The molecule has 4 nitrogen and oxygen atoms in total. The molecule has 0 saturated heterocycles. The van der Waals surface area contributed by atoms with Crippen molar-refractivity contribution < 1.29 is 19.1 Å². The Kier molecular flexibility index (Phi) is 4.06. The minimum Gasteiger partial charge on any atom is -0.507 e. The first-order valence-corrected chi connectivity index (χ1v) is 6.80. The molecule has 0 atom stereocenters. The number of rotatable bonds is 4. The highest BCUT2D eigenvalue weighted by molar-refractivity contribution is 9.10. The van der Waals surface area contributed by atoms with Crippen molar-refractivity contribution >= 4 is 38.8 Å². The van der Waals surface area contributed by atoms with Gasteiger partial charge < -0.3 is 5.11 Å². The van der Waals surface area contributed by atoms with Crippen molar-refractivity contribution in [3.05, 3.63) is 44.6 Å². The fraction of sp³-hybridized carbons (Fsp3) is 0.0833. The normalized spacial score (nSPS) is 10.4. The number of carbonyl (C=O) groups is 2. The molecule has 98 valence electrons. The zero-order chi connectivity index (χ0) is 14.0. The van der Waals surface area contributed by atoms with E-state index in [0.717, 1.165) is 17.4 Å². The molecule has 2 aromatic rings. The van der Waals surface area contributed by atoms with E-state index in [-0.39, 0.29) is 5.01 Å². The van der Waals surface area contributed by atoms with Gasteiger partial charge in [0, 0.05) is 16.0 Å². The molecule has 0 aliphatic rings. The average Bonchev–Trinajstić information content (AvgIpc) is 2.80. The SMILES string of the molecule is O=C(CC(=O)c1c(O)cc(Br)cc1F)c1nccs1. The van der Waals surface area contributed by atoms with Gasteiger partial charge in [-0.05, 0) is 12.1 Å². The predicted molar refractivity (Wildman–Crippen MR) is 71.2 cm³/mol. The number of phenolic OH excluding ortho intramolecular Hbond substituents is 1. The molecule has 0 aliphatic heterocycles. The summed E-state index contributed by atoms with van der Waals surface area (Å²) in [5.41, 5.74) is -0.479. The lowest BCUT2D eigenvalue weighted by molar-refractivity contribution is 0.0890. The van der Waals surface area contributed by atoms with Gasteiger partial charge in [-0.3, -0.25) is 9.59 Å². The first kappa shape index (κ1) is 13.8. The Bertz CT molecular complexity index is 619. The van der Waals surface area contributed by atoms with Crippen molar-refractivity contribution in [2.45, 2.75) is 6.42 Å². The molecule has 0 fully saturated rings. The lowest BCUT2D eigenvalue weighted by atomic mass is 10.0. The van der Waals surface area contributed by atoms with E-state index in [9.17, 15) is 19.1 Å². The zero-order valence-corrected chi connectivity index (χ0v) is 11.8. The summed E-state index contributed by atoms with van der Waals surface area (Å²) in [5, 5.41) is 11.4. The van der Waals surface area contributed by atoms with Crippen LogP contribution in [0, 0.1) is 5.82 Å². The van der Waals surface area contributed by atoms with Gasteiger partial charge in [-0.25, -0.2) is 9.37 Å². The number of carbonyl (C=O) groups excluding carboxylic acids is 2. The van der Waals surface area contributed by atoms with Crippen molar-refractivity contribution in [3.63, 3.8) is 0 Å². The Morgan fingerprint density at radius 1 is 1.37 bits per heavy atom. The van der Waals surface area contributed by atoms with E-state index in [1.807, 2.05) is 0 Å². The predicted octanol–water partition coefficient (Wildman–Crippen LogP) is 3.21. The van der Waals surface area contributed by atoms with Crippen molar-refractivity contribution in [1.29, 1.82) is 0 Å². The second-order valence-corrected chi connectivity index (χ2v) is 5.45. The van der Waals surface area contributed by atoms with Crippen LogP contribution in [-0.2, 0) is 0 Å². The second-order valence-electron chi connectivity index (χ2n) is 3.64. The van der Waals surface area contributed by atoms with Crippen LogP contribution in [0.2, 0.25) is 0 Å². The van der Waals surface area contributed by atoms with Crippen LogP contribution < -0.4 is 0 Å². The van der Waals surface area contributed by atoms with Gasteiger partial charge in [-0.15, -0.1) is 11.3 Å². The van der Waals surface area contributed by atoms with Crippen LogP contribution in [-0.4, -0.2) is 21.7 Å². The molecule has 0 spiro atoms. The summed E-state index contributed by atoms with van der Waals surface area (Å²) in [7, 11) is 0. The van der Waals surface area contributed by atoms with Crippen LogP contribution in [0.5, 0.6) is 5.75 Å². The molecule has 0 radical (unpaired) electrons. The van der Waals surface area contributed by atoms with Crippen LogP contribution in [0.3, 0.4) is 0 Å². The monoisotopic (exact) mass is 343 g/mol. The van der Waals surface area contributed by atoms with Gasteiger partial charge in [-0.2, -0.15) is 0 Å². The van der Waals surface area contributed by atoms with Crippen molar-refractivity contribution in [2.75, 3.05) is 0 Å². The van der Waals surface area contributed by atoms with E-state index in [1.165, 1.54) is 12.3 Å². The molecule has 0 saturated carbocycles. The number of benzene rings is 1. The summed E-state index contributed by atoms with van der Waals surface area (Å²) < 4.78 is 13.9. The molecule has 0 amide bonds. The summed E-state index contributed by atoms with van der Waals surface area (Å²) in [6, 6.07) is 2.25. The topological polar surface area (TPSA) is 67.3 Å². The molecule has 2 rings (SSSR count). The van der Waals surface area contributed by atoms with Crippen molar-refractivity contribution in [2.24, 2.45) is 0 Å². The van der Waals surface area contributed by atoms with E-state index >= 15 is 0 Å². The Morgan fingerprint density at radius 2 is 2.11 bits per heavy atom. The minimum absolute atomic E-state index is 0.186. The molecular formula is C12H7BrFNO3S. The third-order valence-electron chi connectivity index (χ3n) is 2.30. The maximum Gasteiger partial charge on any atom is 0.199 e. The first-order chi connectivity index (χ1) is 8.99. The minimum atomic E-state index is -0.871. The lowest BCUT2D eigenvalue weighted by Crippen LogP contribution is -2.10. The molecule has 0 aliphatic carbocycles. The summed E-state index contributed by atoms with van der Waals surface area (Å²) in [6.45, 7) is 0. The fourth-order valence-electron chi connectivity index (χ4n) is 1.51. The molecule has 1 N–H and O–H groups in total. The van der Waals surface area contributed by atoms with Crippen LogP contribution >= 0.6 is 27.3 Å². The molecule has 1 aromatic carbocycles. The quantitative estimate of drug-likeness (QED) is 0.683.